The fourth-order valence-corrected chi connectivity index (χ4v) is 8.40. The number of benzene rings is 1. The lowest BCUT2D eigenvalue weighted by atomic mass is 10.00. The van der Waals surface area contributed by atoms with Crippen molar-refractivity contribution in [2.75, 3.05) is 32.7 Å². The minimum absolute atomic E-state index is 0.0440. The molecule has 0 aromatic heterocycles. The van der Waals surface area contributed by atoms with Crippen molar-refractivity contribution in [3.63, 3.8) is 0 Å². The average molecular weight is 1040 g/mol. The molecule has 23 heteroatoms. The maximum atomic E-state index is 14.4. The summed E-state index contributed by atoms with van der Waals surface area (Å²) in [5, 5.41) is 34.7. The highest BCUT2D eigenvalue weighted by Gasteiger charge is 2.35. The van der Waals surface area contributed by atoms with E-state index in [0.29, 0.717) is 12.0 Å². The summed E-state index contributed by atoms with van der Waals surface area (Å²) in [6.45, 7) is 8.90. The fraction of sp³-hybridized carbons (Fsp3) is 0.706. The van der Waals surface area contributed by atoms with Crippen LogP contribution in [0.25, 0.3) is 0 Å². The van der Waals surface area contributed by atoms with E-state index in [2.05, 4.69) is 54.8 Å². The number of carbonyl (C=O) groups is 9. The quantitative estimate of drug-likeness (QED) is 0.0482. The molecule has 0 bridgehead atoms. The number of nitrogens with one attached hydrogen (secondary N) is 9. The fourth-order valence-electron chi connectivity index (χ4n) is 8.40. The molecule has 2 rings (SSSR count). The highest BCUT2D eigenvalue weighted by atomic mass is 16.3. The molecule has 74 heavy (non-hydrogen) atoms. The van der Waals surface area contributed by atoms with Gasteiger partial charge >= 0.3 is 0 Å². The molecule has 0 saturated carbocycles. The van der Waals surface area contributed by atoms with Crippen molar-refractivity contribution in [1.82, 2.24) is 47.9 Å². The highest BCUT2D eigenvalue weighted by Crippen LogP contribution is 2.13. The zero-order valence-corrected chi connectivity index (χ0v) is 44.3. The SMILES string of the molecule is CCCCCCC[C@@H](O)CC(=O)N[C@@H](CCN)C(=O)N[C@@H]1CCNC(=O)[C@H](CC(C)C)NC(=O)[C@H](CCN)NC(=O)[C@H](CCN)NC(=O)[C@H](CC(C)C)NC(=O)[C@@H](Cc2ccccc2)NC(=O)[C@H](CCN)NC1=O. The van der Waals surface area contributed by atoms with Crippen LogP contribution in [-0.4, -0.2) is 145 Å². The summed E-state index contributed by atoms with van der Waals surface area (Å²) in [5.41, 5.74) is 24.2. The van der Waals surface area contributed by atoms with Gasteiger partial charge in [0.25, 0.3) is 0 Å². The number of rotatable bonds is 25. The molecule has 0 aliphatic carbocycles. The Labute approximate surface area is 436 Å². The van der Waals surface area contributed by atoms with Crippen molar-refractivity contribution in [2.24, 2.45) is 34.8 Å². The topological polar surface area (TPSA) is 386 Å². The van der Waals surface area contributed by atoms with E-state index < -0.39 is 108 Å². The second-order valence-corrected chi connectivity index (χ2v) is 19.9. The second-order valence-electron chi connectivity index (χ2n) is 19.9. The molecule has 0 radical (unpaired) electrons. The predicted molar refractivity (Wildman–Crippen MR) is 281 cm³/mol. The van der Waals surface area contributed by atoms with Gasteiger partial charge in [0.1, 0.15) is 48.3 Å². The van der Waals surface area contributed by atoms with E-state index in [-0.39, 0.29) is 102 Å². The van der Waals surface area contributed by atoms with E-state index in [0.717, 1.165) is 32.1 Å². The van der Waals surface area contributed by atoms with Crippen LogP contribution in [0.5, 0.6) is 0 Å². The monoisotopic (exact) mass is 1040 g/mol. The summed E-state index contributed by atoms with van der Waals surface area (Å²) in [6, 6.07) is -1.57. The van der Waals surface area contributed by atoms with Crippen molar-refractivity contribution in [2.45, 2.75) is 185 Å². The van der Waals surface area contributed by atoms with Crippen LogP contribution in [0.15, 0.2) is 30.3 Å². The molecule has 418 valence electrons. The molecule has 9 atom stereocenters. The molecule has 1 aliphatic heterocycles. The molecule has 23 nitrogen and oxygen atoms in total. The van der Waals surface area contributed by atoms with Gasteiger partial charge in [-0.25, -0.2) is 0 Å². The molecule has 1 aromatic rings. The first-order chi connectivity index (χ1) is 35.3. The van der Waals surface area contributed by atoms with E-state index in [4.69, 9.17) is 22.9 Å². The van der Waals surface area contributed by atoms with Gasteiger partial charge < -0.3 is 75.9 Å². The predicted octanol–water partition coefficient (Wildman–Crippen LogP) is -1.77. The third kappa shape index (κ3) is 24.5. The Kier molecular flexibility index (Phi) is 30.8. The molecular weight excluding hydrogens is 955 g/mol. The van der Waals surface area contributed by atoms with E-state index in [9.17, 15) is 48.3 Å². The number of carbonyl (C=O) groups excluding carboxylic acids is 9. The van der Waals surface area contributed by atoms with Gasteiger partial charge in [0.05, 0.1) is 12.5 Å². The van der Waals surface area contributed by atoms with Crippen LogP contribution >= 0.6 is 0 Å². The Balaban J connectivity index is 2.68. The number of nitrogens with two attached hydrogens (primary N) is 4. The van der Waals surface area contributed by atoms with E-state index >= 15 is 0 Å². The Bertz CT molecular complexity index is 1930. The third-order valence-corrected chi connectivity index (χ3v) is 12.4. The van der Waals surface area contributed by atoms with Gasteiger partial charge in [-0.05, 0) is 94.9 Å². The minimum Gasteiger partial charge on any atom is -0.393 e. The highest BCUT2D eigenvalue weighted by molar-refractivity contribution is 5.98. The molecule has 18 N–H and O–H groups in total. The van der Waals surface area contributed by atoms with Crippen molar-refractivity contribution in [3.8, 4) is 0 Å². The molecule has 1 aromatic carbocycles. The van der Waals surface area contributed by atoms with Gasteiger partial charge in [-0.1, -0.05) is 97.1 Å². The van der Waals surface area contributed by atoms with Crippen LogP contribution in [0, 0.1) is 11.8 Å². The summed E-state index contributed by atoms with van der Waals surface area (Å²) in [7, 11) is 0. The Morgan fingerprint density at radius 3 is 1.55 bits per heavy atom. The number of hydrogen-bond donors (Lipinski definition) is 14. The standard InChI is InChI=1S/C51H89N13O10/c1-6-7-8-9-13-16-34(65)30-43(66)57-35(17-22-52)45(68)61-39-21-26-56-44(67)40(27-31(2)3)62-47(70)37(19-24-54)58-46(69)36(18-23-53)60-50(73)41(28-32(4)5)63-51(74)42(29-33-14-11-10-12-15-33)64-48(71)38(20-25-55)59-49(39)72/h10-12,14-15,31-32,34-42,65H,6-9,13,16-30,52-55H2,1-5H3,(H,56,67)(H,57,66)(H,58,69)(H,59,72)(H,60,73)(H,61,68)(H,62,70)(H,63,74)(H,64,71)/t34-,35+,36+,37+,38+,39-,40+,41+,42-/m1/s1. The van der Waals surface area contributed by atoms with Crippen molar-refractivity contribution in [1.29, 1.82) is 0 Å². The molecule has 9 amide bonds. The summed E-state index contributed by atoms with van der Waals surface area (Å²) >= 11 is 0. The van der Waals surface area contributed by atoms with Gasteiger partial charge in [-0.15, -0.1) is 0 Å². The minimum atomic E-state index is -1.47. The average Bonchev–Trinajstić information content (AvgIpc) is 3.34. The van der Waals surface area contributed by atoms with Crippen LogP contribution in [-0.2, 0) is 49.6 Å². The number of aliphatic hydroxyl groups is 1. The zero-order chi connectivity index (χ0) is 55.2. The first-order valence-electron chi connectivity index (χ1n) is 26.5. The maximum Gasteiger partial charge on any atom is 0.243 e. The van der Waals surface area contributed by atoms with Crippen LogP contribution in [0.4, 0.5) is 0 Å². The molecule has 1 fully saturated rings. The first kappa shape index (κ1) is 64.4. The summed E-state index contributed by atoms with van der Waals surface area (Å²) in [5.74, 6) is -7.07. The largest absolute Gasteiger partial charge is 0.393 e. The number of amides is 9. The Morgan fingerprint density at radius 2 is 1.05 bits per heavy atom. The number of aliphatic hydroxyl groups excluding tert-OH is 1. The van der Waals surface area contributed by atoms with Gasteiger partial charge in [0.2, 0.25) is 53.2 Å². The van der Waals surface area contributed by atoms with Crippen molar-refractivity contribution >= 4 is 53.2 Å². The summed E-state index contributed by atoms with van der Waals surface area (Å²) in [6.07, 6.45) is 3.59. The second kappa shape index (κ2) is 35.4. The van der Waals surface area contributed by atoms with Gasteiger partial charge in [0.15, 0.2) is 0 Å². The first-order valence-corrected chi connectivity index (χ1v) is 26.5. The molecular formula is C51H89N13O10. The van der Waals surface area contributed by atoms with Crippen LogP contribution in [0.2, 0.25) is 0 Å². The number of unbranched alkanes of at least 4 members (excludes halogenated alkanes) is 4. The molecule has 0 spiro atoms. The maximum absolute atomic E-state index is 14.4. The van der Waals surface area contributed by atoms with Crippen molar-refractivity contribution in [3.05, 3.63) is 35.9 Å². The molecule has 1 saturated heterocycles. The molecule has 0 unspecified atom stereocenters. The third-order valence-electron chi connectivity index (χ3n) is 12.4. The van der Waals surface area contributed by atoms with Gasteiger partial charge in [-0.2, -0.15) is 0 Å². The lowest BCUT2D eigenvalue weighted by Gasteiger charge is -2.28. The molecule has 1 heterocycles. The van der Waals surface area contributed by atoms with Crippen molar-refractivity contribution < 1.29 is 48.3 Å². The summed E-state index contributed by atoms with van der Waals surface area (Å²) in [4.78, 5) is 126. The van der Waals surface area contributed by atoms with Crippen LogP contribution in [0.1, 0.15) is 130 Å². The van der Waals surface area contributed by atoms with Crippen LogP contribution in [0.3, 0.4) is 0 Å². The Hall–Kier alpha value is -5.75. The van der Waals surface area contributed by atoms with Gasteiger partial charge in [0, 0.05) is 13.0 Å². The van der Waals surface area contributed by atoms with E-state index in [1.54, 1.807) is 30.3 Å². The zero-order valence-electron chi connectivity index (χ0n) is 44.3. The number of hydrogen-bond acceptors (Lipinski definition) is 14. The lowest BCUT2D eigenvalue weighted by Crippen LogP contribution is -2.61. The lowest BCUT2D eigenvalue weighted by molar-refractivity contribution is -0.136. The smallest absolute Gasteiger partial charge is 0.243 e. The summed E-state index contributed by atoms with van der Waals surface area (Å²) < 4.78 is 0. The van der Waals surface area contributed by atoms with E-state index in [1.165, 1.54) is 0 Å². The van der Waals surface area contributed by atoms with Crippen LogP contribution < -0.4 is 70.8 Å². The molecule has 1 aliphatic rings. The van der Waals surface area contributed by atoms with E-state index in [1.807, 2.05) is 27.7 Å². The Morgan fingerprint density at radius 1 is 0.595 bits per heavy atom. The van der Waals surface area contributed by atoms with Gasteiger partial charge in [-0.3, -0.25) is 43.2 Å². The normalized spacial score (nSPS) is 23.0.